The van der Waals surface area contributed by atoms with Crippen LogP contribution in [0.2, 0.25) is 5.02 Å². The highest BCUT2D eigenvalue weighted by Crippen LogP contribution is 2.38. The average molecular weight is 561 g/mol. The van der Waals surface area contributed by atoms with Crippen molar-refractivity contribution in [1.29, 1.82) is 0 Å². The summed E-state index contributed by atoms with van der Waals surface area (Å²) >= 11 is 9.78. The van der Waals surface area contributed by atoms with Crippen molar-refractivity contribution in [1.82, 2.24) is 13.9 Å². The van der Waals surface area contributed by atoms with E-state index in [0.717, 1.165) is 6.07 Å². The molecule has 176 valence electrons. The van der Waals surface area contributed by atoms with Crippen molar-refractivity contribution in [2.45, 2.75) is 12.5 Å². The Morgan fingerprint density at radius 3 is 2.70 bits per heavy atom. The molecule has 0 saturated carbocycles. The van der Waals surface area contributed by atoms with Crippen molar-refractivity contribution in [3.63, 3.8) is 0 Å². The average Bonchev–Trinajstić information content (AvgIpc) is 3.27. The Morgan fingerprint density at radius 1 is 1.27 bits per heavy atom. The van der Waals surface area contributed by atoms with Crippen LogP contribution < -0.4 is 15.6 Å². The van der Waals surface area contributed by atoms with E-state index >= 15 is 0 Å². The number of methoxy groups -OCH3 is 1. The van der Waals surface area contributed by atoms with Gasteiger partial charge in [0.1, 0.15) is 5.82 Å². The standard InChI is InChI=1S/C20H20BrClFN5O4S/c1-27-10-24-13-5-6-14(17(21)16(13)20(27)29)25-19-12(23)3-4-15(18(19)22)26-33(30,31)28-8-7-11(9-28)32-2/h3-6,10-11,25-26H,7-9H2,1-2H3. The molecule has 2 N–H and O–H groups in total. The predicted octanol–water partition coefficient (Wildman–Crippen LogP) is 3.61. The number of anilines is 3. The van der Waals surface area contributed by atoms with Gasteiger partial charge in [-0.25, -0.2) is 9.37 Å². The molecule has 1 aliphatic rings. The van der Waals surface area contributed by atoms with Crippen LogP contribution in [0.15, 0.2) is 39.9 Å². The number of fused-ring (bicyclic) bond motifs is 1. The maximum atomic E-state index is 14.7. The van der Waals surface area contributed by atoms with Gasteiger partial charge in [-0.05, 0) is 46.6 Å². The van der Waals surface area contributed by atoms with Crippen LogP contribution in [0.3, 0.4) is 0 Å². The number of halogens is 3. The molecule has 2 heterocycles. The zero-order valence-corrected chi connectivity index (χ0v) is 20.8. The number of ether oxygens (including phenoxy) is 1. The largest absolute Gasteiger partial charge is 0.380 e. The van der Waals surface area contributed by atoms with Crippen molar-refractivity contribution in [3.05, 3.63) is 56.3 Å². The Hall–Kier alpha value is -2.25. The first-order valence-corrected chi connectivity index (χ1v) is 12.4. The van der Waals surface area contributed by atoms with Crippen molar-refractivity contribution >= 4 is 65.7 Å². The van der Waals surface area contributed by atoms with Crippen molar-refractivity contribution in [2.75, 3.05) is 30.2 Å². The Balaban J connectivity index is 1.68. The van der Waals surface area contributed by atoms with E-state index < -0.39 is 16.0 Å². The summed E-state index contributed by atoms with van der Waals surface area (Å²) in [6.45, 7) is 0.508. The lowest BCUT2D eigenvalue weighted by molar-refractivity contribution is 0.115. The molecule has 1 aliphatic heterocycles. The van der Waals surface area contributed by atoms with Crippen LogP contribution in [0.1, 0.15) is 6.42 Å². The summed E-state index contributed by atoms with van der Waals surface area (Å²) in [5.41, 5.74) is 0.396. The number of hydrogen-bond donors (Lipinski definition) is 2. The van der Waals surface area contributed by atoms with E-state index in [0.29, 0.717) is 34.0 Å². The van der Waals surface area contributed by atoms with E-state index in [4.69, 9.17) is 16.3 Å². The normalized spacial score (nSPS) is 16.9. The molecule has 0 spiro atoms. The lowest BCUT2D eigenvalue weighted by Gasteiger charge is -2.20. The monoisotopic (exact) mass is 559 g/mol. The molecule has 1 unspecified atom stereocenters. The Labute approximate surface area is 202 Å². The van der Waals surface area contributed by atoms with Gasteiger partial charge in [0, 0.05) is 27.2 Å². The molecule has 0 radical (unpaired) electrons. The van der Waals surface area contributed by atoms with Crippen LogP contribution in [0.4, 0.5) is 21.5 Å². The molecule has 0 amide bonds. The lowest BCUT2D eigenvalue weighted by Crippen LogP contribution is -2.35. The molecule has 4 rings (SSSR count). The fourth-order valence-electron chi connectivity index (χ4n) is 3.54. The molecular weight excluding hydrogens is 541 g/mol. The van der Waals surface area contributed by atoms with E-state index in [1.54, 1.807) is 19.2 Å². The first kappa shape index (κ1) is 23.9. The van der Waals surface area contributed by atoms with E-state index in [9.17, 15) is 17.6 Å². The first-order chi connectivity index (χ1) is 15.6. The number of nitrogens with zero attached hydrogens (tertiary/aromatic N) is 3. The SMILES string of the molecule is COC1CCN(S(=O)(=O)Nc2ccc(F)c(Nc3ccc4ncn(C)c(=O)c4c3Br)c2Cl)C1. The van der Waals surface area contributed by atoms with Crippen LogP contribution in [-0.2, 0) is 22.0 Å². The number of nitrogens with one attached hydrogen (secondary N) is 2. The number of benzene rings is 2. The van der Waals surface area contributed by atoms with E-state index in [2.05, 4.69) is 31.0 Å². The molecule has 3 aromatic rings. The Kier molecular flexibility index (Phi) is 6.65. The molecule has 1 fully saturated rings. The highest BCUT2D eigenvalue weighted by molar-refractivity contribution is 9.10. The molecule has 1 atom stereocenters. The summed E-state index contributed by atoms with van der Waals surface area (Å²) in [6, 6.07) is 5.57. The summed E-state index contributed by atoms with van der Waals surface area (Å²) in [6.07, 6.45) is 1.80. The van der Waals surface area contributed by atoms with E-state index in [1.807, 2.05) is 0 Å². The second-order valence-electron chi connectivity index (χ2n) is 7.50. The summed E-state index contributed by atoms with van der Waals surface area (Å²) in [7, 11) is -0.822. The summed E-state index contributed by atoms with van der Waals surface area (Å²) in [5, 5.41) is 3.01. The third-order valence-corrected chi connectivity index (χ3v) is 8.10. The van der Waals surface area contributed by atoms with E-state index in [1.165, 1.54) is 28.4 Å². The number of rotatable bonds is 6. The van der Waals surface area contributed by atoms with Crippen molar-refractivity contribution in [2.24, 2.45) is 7.05 Å². The second kappa shape index (κ2) is 9.18. The number of aryl methyl sites for hydroxylation is 1. The van der Waals surface area contributed by atoms with Crippen molar-refractivity contribution in [3.8, 4) is 0 Å². The molecule has 33 heavy (non-hydrogen) atoms. The minimum atomic E-state index is -3.92. The van der Waals surface area contributed by atoms with Gasteiger partial charge in [0.05, 0.1) is 49.9 Å². The minimum absolute atomic E-state index is 0.0101. The zero-order chi connectivity index (χ0) is 23.9. The molecule has 1 aromatic heterocycles. The molecule has 9 nitrogen and oxygen atoms in total. The van der Waals surface area contributed by atoms with Gasteiger partial charge in [0.25, 0.3) is 5.56 Å². The molecule has 0 aliphatic carbocycles. The molecular formula is C20H20BrClFN5O4S. The van der Waals surface area contributed by atoms with Crippen LogP contribution in [-0.4, -0.2) is 48.6 Å². The molecule has 0 bridgehead atoms. The maximum absolute atomic E-state index is 14.7. The van der Waals surface area contributed by atoms with Crippen LogP contribution in [0.5, 0.6) is 0 Å². The minimum Gasteiger partial charge on any atom is -0.380 e. The number of aromatic nitrogens is 2. The van der Waals surface area contributed by atoms with Crippen LogP contribution >= 0.6 is 27.5 Å². The topological polar surface area (TPSA) is 106 Å². The highest BCUT2D eigenvalue weighted by atomic mass is 79.9. The zero-order valence-electron chi connectivity index (χ0n) is 17.6. The lowest BCUT2D eigenvalue weighted by atomic mass is 10.2. The van der Waals surface area contributed by atoms with Gasteiger partial charge in [-0.15, -0.1) is 0 Å². The fourth-order valence-corrected chi connectivity index (χ4v) is 5.74. The molecule has 2 aromatic carbocycles. The smallest absolute Gasteiger partial charge is 0.301 e. The van der Waals surface area contributed by atoms with Gasteiger partial charge in [-0.2, -0.15) is 12.7 Å². The Morgan fingerprint density at radius 2 is 2.00 bits per heavy atom. The van der Waals surface area contributed by atoms with Gasteiger partial charge in [0.2, 0.25) is 0 Å². The quantitative estimate of drug-likeness (QED) is 0.477. The van der Waals surface area contributed by atoms with Gasteiger partial charge in [0.15, 0.2) is 0 Å². The van der Waals surface area contributed by atoms with Gasteiger partial charge < -0.3 is 14.6 Å². The fraction of sp³-hybridized carbons (Fsp3) is 0.300. The van der Waals surface area contributed by atoms with Gasteiger partial charge in [-0.1, -0.05) is 11.6 Å². The number of hydrogen-bond acceptors (Lipinski definition) is 6. The summed E-state index contributed by atoms with van der Waals surface area (Å²) in [4.78, 5) is 16.7. The van der Waals surface area contributed by atoms with Gasteiger partial charge >= 0.3 is 10.2 Å². The highest BCUT2D eigenvalue weighted by Gasteiger charge is 2.32. The Bertz CT molecular complexity index is 1400. The van der Waals surface area contributed by atoms with Crippen LogP contribution in [0, 0.1) is 5.82 Å². The molecule has 1 saturated heterocycles. The second-order valence-corrected chi connectivity index (χ2v) is 10.3. The van der Waals surface area contributed by atoms with Crippen molar-refractivity contribution < 1.29 is 17.5 Å². The molecule has 13 heteroatoms. The van der Waals surface area contributed by atoms with Gasteiger partial charge in [-0.3, -0.25) is 9.52 Å². The summed E-state index contributed by atoms with van der Waals surface area (Å²) < 4.78 is 50.8. The maximum Gasteiger partial charge on any atom is 0.301 e. The predicted molar refractivity (Wildman–Crippen MR) is 129 cm³/mol. The third kappa shape index (κ3) is 4.58. The summed E-state index contributed by atoms with van der Waals surface area (Å²) in [5.74, 6) is -0.699. The third-order valence-electron chi connectivity index (χ3n) is 5.39. The first-order valence-electron chi connectivity index (χ1n) is 9.82. The van der Waals surface area contributed by atoms with E-state index in [-0.39, 0.29) is 34.6 Å². The van der Waals surface area contributed by atoms with Crippen LogP contribution in [0.25, 0.3) is 10.9 Å².